The Morgan fingerprint density at radius 3 is 2.41 bits per heavy atom. The molecule has 1 saturated heterocycles. The van der Waals surface area contributed by atoms with Crippen LogP contribution in [0.1, 0.15) is 18.1 Å². The van der Waals surface area contributed by atoms with Crippen molar-refractivity contribution in [2.24, 2.45) is 0 Å². The van der Waals surface area contributed by atoms with E-state index in [1.807, 2.05) is 48.5 Å². The summed E-state index contributed by atoms with van der Waals surface area (Å²) >= 11 is 0. The SMILES string of the molecule is O=C(C(O)c1ccccc1)N1CCC(Nc2ccccc2)C1. The summed E-state index contributed by atoms with van der Waals surface area (Å²) in [6.45, 7) is 1.30. The number of hydrogen-bond donors (Lipinski definition) is 2. The third-order valence-electron chi connectivity index (χ3n) is 3.99. The number of nitrogens with zero attached hydrogens (tertiary/aromatic N) is 1. The largest absolute Gasteiger partial charge is 0.380 e. The average molecular weight is 296 g/mol. The summed E-state index contributed by atoms with van der Waals surface area (Å²) in [7, 11) is 0. The van der Waals surface area contributed by atoms with Crippen molar-refractivity contribution in [2.75, 3.05) is 18.4 Å². The zero-order valence-electron chi connectivity index (χ0n) is 12.4. The summed E-state index contributed by atoms with van der Waals surface area (Å²) in [5.41, 5.74) is 1.71. The molecule has 4 heteroatoms. The Hall–Kier alpha value is -2.33. The lowest BCUT2D eigenvalue weighted by Gasteiger charge is -2.21. The Balaban J connectivity index is 1.59. The van der Waals surface area contributed by atoms with Gasteiger partial charge in [-0.05, 0) is 24.1 Å². The van der Waals surface area contributed by atoms with Gasteiger partial charge in [0.25, 0.3) is 5.91 Å². The van der Waals surface area contributed by atoms with Crippen molar-refractivity contribution in [3.05, 3.63) is 66.2 Å². The highest BCUT2D eigenvalue weighted by atomic mass is 16.3. The minimum absolute atomic E-state index is 0.219. The summed E-state index contributed by atoms with van der Waals surface area (Å²) in [6, 6.07) is 19.3. The minimum atomic E-state index is -1.07. The quantitative estimate of drug-likeness (QED) is 0.911. The first-order valence-electron chi connectivity index (χ1n) is 7.57. The van der Waals surface area contributed by atoms with Crippen LogP contribution in [0.25, 0.3) is 0 Å². The van der Waals surface area contributed by atoms with Gasteiger partial charge in [0.05, 0.1) is 0 Å². The van der Waals surface area contributed by atoms with Gasteiger partial charge in [0.15, 0.2) is 6.10 Å². The third-order valence-corrected chi connectivity index (χ3v) is 3.99. The molecule has 2 N–H and O–H groups in total. The second-order valence-electron chi connectivity index (χ2n) is 5.59. The van der Waals surface area contributed by atoms with Crippen molar-refractivity contribution in [3.8, 4) is 0 Å². The smallest absolute Gasteiger partial charge is 0.256 e. The lowest BCUT2D eigenvalue weighted by molar-refractivity contribution is -0.139. The second kappa shape index (κ2) is 6.62. The number of rotatable bonds is 4. The lowest BCUT2D eigenvalue weighted by Crippen LogP contribution is -2.35. The van der Waals surface area contributed by atoms with Crippen molar-refractivity contribution < 1.29 is 9.90 Å². The fourth-order valence-corrected chi connectivity index (χ4v) is 2.80. The molecule has 22 heavy (non-hydrogen) atoms. The average Bonchev–Trinajstić information content (AvgIpc) is 3.04. The Morgan fingerprint density at radius 1 is 1.09 bits per heavy atom. The number of benzene rings is 2. The monoisotopic (exact) mass is 296 g/mol. The molecule has 1 heterocycles. The third kappa shape index (κ3) is 3.28. The number of amides is 1. The molecule has 1 amide bonds. The van der Waals surface area contributed by atoms with Gasteiger partial charge in [-0.3, -0.25) is 4.79 Å². The maximum atomic E-state index is 12.4. The molecular formula is C18H20N2O2. The van der Waals surface area contributed by atoms with Crippen LogP contribution in [-0.2, 0) is 4.79 Å². The van der Waals surface area contributed by atoms with E-state index in [-0.39, 0.29) is 11.9 Å². The van der Waals surface area contributed by atoms with Gasteiger partial charge >= 0.3 is 0 Å². The van der Waals surface area contributed by atoms with Crippen molar-refractivity contribution in [1.29, 1.82) is 0 Å². The van der Waals surface area contributed by atoms with Crippen LogP contribution in [0.4, 0.5) is 5.69 Å². The molecular weight excluding hydrogens is 276 g/mol. The molecule has 1 aliphatic rings. The Kier molecular flexibility index (Phi) is 4.39. The number of aliphatic hydroxyl groups is 1. The van der Waals surface area contributed by atoms with E-state index in [0.717, 1.165) is 12.1 Å². The number of likely N-dealkylation sites (tertiary alicyclic amines) is 1. The topological polar surface area (TPSA) is 52.6 Å². The fraction of sp³-hybridized carbons (Fsp3) is 0.278. The Bertz CT molecular complexity index is 615. The number of anilines is 1. The van der Waals surface area contributed by atoms with Crippen molar-refractivity contribution in [1.82, 2.24) is 4.90 Å². The van der Waals surface area contributed by atoms with E-state index in [0.29, 0.717) is 18.7 Å². The summed E-state index contributed by atoms with van der Waals surface area (Å²) in [4.78, 5) is 14.1. The summed E-state index contributed by atoms with van der Waals surface area (Å²) in [6.07, 6.45) is -0.182. The minimum Gasteiger partial charge on any atom is -0.380 e. The standard InChI is InChI=1S/C18H20N2O2/c21-17(14-7-3-1-4-8-14)18(22)20-12-11-16(13-20)19-15-9-5-2-6-10-15/h1-10,16-17,19,21H,11-13H2. The normalized spacial score (nSPS) is 19.0. The van der Waals surface area contributed by atoms with E-state index >= 15 is 0 Å². The fourth-order valence-electron chi connectivity index (χ4n) is 2.80. The summed E-state index contributed by atoms with van der Waals surface area (Å²) in [5.74, 6) is -0.219. The van der Waals surface area contributed by atoms with Crippen LogP contribution in [0.5, 0.6) is 0 Å². The van der Waals surface area contributed by atoms with Crippen LogP contribution >= 0.6 is 0 Å². The van der Waals surface area contributed by atoms with E-state index in [2.05, 4.69) is 5.32 Å². The first-order valence-corrected chi connectivity index (χ1v) is 7.57. The molecule has 1 fully saturated rings. The van der Waals surface area contributed by atoms with Gasteiger partial charge in [-0.1, -0.05) is 48.5 Å². The molecule has 1 aliphatic heterocycles. The van der Waals surface area contributed by atoms with E-state index < -0.39 is 6.10 Å². The van der Waals surface area contributed by atoms with Crippen LogP contribution in [0.15, 0.2) is 60.7 Å². The maximum absolute atomic E-state index is 12.4. The van der Waals surface area contributed by atoms with Gasteiger partial charge < -0.3 is 15.3 Å². The number of para-hydroxylation sites is 1. The van der Waals surface area contributed by atoms with Crippen molar-refractivity contribution in [2.45, 2.75) is 18.6 Å². The maximum Gasteiger partial charge on any atom is 0.256 e. The van der Waals surface area contributed by atoms with Crippen molar-refractivity contribution in [3.63, 3.8) is 0 Å². The van der Waals surface area contributed by atoms with Gasteiger partial charge in [-0.25, -0.2) is 0 Å². The van der Waals surface area contributed by atoms with E-state index in [4.69, 9.17) is 0 Å². The highest BCUT2D eigenvalue weighted by molar-refractivity contribution is 5.82. The molecule has 0 aromatic heterocycles. The van der Waals surface area contributed by atoms with Gasteiger partial charge in [0.2, 0.25) is 0 Å². The van der Waals surface area contributed by atoms with Gasteiger partial charge in [-0.15, -0.1) is 0 Å². The molecule has 114 valence electrons. The van der Waals surface area contributed by atoms with E-state index in [1.165, 1.54) is 0 Å². The number of aliphatic hydroxyl groups excluding tert-OH is 1. The first kappa shape index (κ1) is 14.6. The molecule has 0 saturated carbocycles. The highest BCUT2D eigenvalue weighted by Crippen LogP contribution is 2.21. The zero-order chi connectivity index (χ0) is 15.4. The zero-order valence-corrected chi connectivity index (χ0v) is 12.4. The lowest BCUT2D eigenvalue weighted by atomic mass is 10.1. The van der Waals surface area contributed by atoms with E-state index in [1.54, 1.807) is 17.0 Å². The van der Waals surface area contributed by atoms with Crippen LogP contribution in [0.3, 0.4) is 0 Å². The molecule has 2 aromatic rings. The van der Waals surface area contributed by atoms with Crippen LogP contribution in [0.2, 0.25) is 0 Å². The predicted octanol–water partition coefficient (Wildman–Crippen LogP) is 2.43. The number of nitrogens with one attached hydrogen (secondary N) is 1. The molecule has 0 bridgehead atoms. The molecule has 0 radical (unpaired) electrons. The van der Waals surface area contributed by atoms with Crippen LogP contribution in [-0.4, -0.2) is 35.0 Å². The highest BCUT2D eigenvalue weighted by Gasteiger charge is 2.30. The van der Waals surface area contributed by atoms with Gasteiger partial charge in [0, 0.05) is 24.8 Å². The Morgan fingerprint density at radius 2 is 1.73 bits per heavy atom. The molecule has 0 aliphatic carbocycles. The molecule has 0 spiro atoms. The van der Waals surface area contributed by atoms with Crippen LogP contribution < -0.4 is 5.32 Å². The molecule has 2 aromatic carbocycles. The predicted molar refractivity (Wildman–Crippen MR) is 86.5 cm³/mol. The van der Waals surface area contributed by atoms with Crippen molar-refractivity contribution >= 4 is 11.6 Å². The van der Waals surface area contributed by atoms with E-state index in [9.17, 15) is 9.90 Å². The molecule has 4 nitrogen and oxygen atoms in total. The summed E-state index contributed by atoms with van der Waals surface area (Å²) < 4.78 is 0. The number of hydrogen-bond acceptors (Lipinski definition) is 3. The second-order valence-corrected chi connectivity index (χ2v) is 5.59. The Labute approximate surface area is 130 Å². The molecule has 2 unspecified atom stereocenters. The van der Waals surface area contributed by atoms with Gasteiger partial charge in [-0.2, -0.15) is 0 Å². The summed E-state index contributed by atoms with van der Waals surface area (Å²) in [5, 5.41) is 13.6. The first-order chi connectivity index (χ1) is 10.7. The number of carbonyl (C=O) groups is 1. The van der Waals surface area contributed by atoms with Crippen LogP contribution in [0, 0.1) is 0 Å². The van der Waals surface area contributed by atoms with Gasteiger partial charge in [0.1, 0.15) is 0 Å². The molecule has 3 rings (SSSR count). The number of carbonyl (C=O) groups excluding carboxylic acids is 1. The molecule has 2 atom stereocenters.